The number of hydrogen-bond donors (Lipinski definition) is 3. The first-order valence-corrected chi connectivity index (χ1v) is 13.2. The van der Waals surface area contributed by atoms with Crippen molar-refractivity contribution in [2.75, 3.05) is 33.4 Å². The fourth-order valence-electron chi connectivity index (χ4n) is 3.88. The molecule has 0 bridgehead atoms. The number of halogens is 1. The second-order valence-corrected chi connectivity index (χ2v) is 10.1. The summed E-state index contributed by atoms with van der Waals surface area (Å²) < 4.78 is 11.6. The molecule has 0 saturated carbocycles. The zero-order valence-electron chi connectivity index (χ0n) is 22.4. The molecule has 11 heteroatoms. The summed E-state index contributed by atoms with van der Waals surface area (Å²) in [6, 6.07) is 12.2. The molecule has 0 fully saturated rings. The van der Waals surface area contributed by atoms with E-state index in [0.717, 1.165) is 0 Å². The van der Waals surface area contributed by atoms with Gasteiger partial charge >= 0.3 is 0 Å². The van der Waals surface area contributed by atoms with Crippen molar-refractivity contribution in [1.82, 2.24) is 20.9 Å². The Balaban J connectivity index is 1.74. The van der Waals surface area contributed by atoms with Crippen molar-refractivity contribution in [2.45, 2.75) is 38.8 Å². The van der Waals surface area contributed by atoms with Crippen LogP contribution in [0.3, 0.4) is 0 Å². The van der Waals surface area contributed by atoms with Crippen molar-refractivity contribution in [3.63, 3.8) is 0 Å². The standard InChI is InChI=1S/C28H35ClN4O6/c1-18(2)23-17-39-24-7-5-4-6-21(24)27(36)32-22(12-13-26(35)33(3)16-25(34)31-23)28(37)30-14-15-38-20-10-8-19(29)9-11-20/h4-11,18,22-23H,12-17H2,1-3H3,(H,30,37)(H,31,34)(H,32,36)/t22-,23-/m0/s1. The lowest BCUT2D eigenvalue weighted by Gasteiger charge is -2.24. The number of nitrogens with zero attached hydrogens (tertiary/aromatic N) is 1. The number of nitrogens with one attached hydrogen (secondary N) is 3. The highest BCUT2D eigenvalue weighted by Gasteiger charge is 2.26. The van der Waals surface area contributed by atoms with E-state index < -0.39 is 17.9 Å². The van der Waals surface area contributed by atoms with Gasteiger partial charge in [0.05, 0.1) is 24.7 Å². The van der Waals surface area contributed by atoms with E-state index in [9.17, 15) is 19.2 Å². The maximum Gasteiger partial charge on any atom is 0.255 e. The fourth-order valence-corrected chi connectivity index (χ4v) is 4.00. The molecule has 2 aromatic carbocycles. The number of para-hydroxylation sites is 1. The zero-order valence-corrected chi connectivity index (χ0v) is 23.1. The second-order valence-electron chi connectivity index (χ2n) is 9.63. The molecular weight excluding hydrogens is 524 g/mol. The molecule has 10 nitrogen and oxygen atoms in total. The van der Waals surface area contributed by atoms with E-state index in [-0.39, 0.29) is 68.5 Å². The molecule has 3 N–H and O–H groups in total. The first-order chi connectivity index (χ1) is 18.6. The molecule has 0 aliphatic carbocycles. The van der Waals surface area contributed by atoms with Crippen molar-refractivity contribution in [2.24, 2.45) is 5.92 Å². The summed E-state index contributed by atoms with van der Waals surface area (Å²) >= 11 is 5.88. The maximum atomic E-state index is 13.2. The van der Waals surface area contributed by atoms with E-state index in [1.54, 1.807) is 48.5 Å². The number of ether oxygens (including phenoxy) is 2. The highest BCUT2D eigenvalue weighted by molar-refractivity contribution is 6.30. The molecule has 1 aliphatic heterocycles. The molecule has 3 rings (SSSR count). The number of likely N-dealkylation sites (N-methyl/N-ethyl adjacent to an activating group) is 1. The minimum absolute atomic E-state index is 0.0397. The summed E-state index contributed by atoms with van der Waals surface area (Å²) in [6.45, 7) is 4.25. The summed E-state index contributed by atoms with van der Waals surface area (Å²) in [7, 11) is 1.53. The van der Waals surface area contributed by atoms with Gasteiger partial charge in [-0.3, -0.25) is 19.2 Å². The van der Waals surface area contributed by atoms with Crippen LogP contribution in [0, 0.1) is 5.92 Å². The fraction of sp³-hybridized carbons (Fsp3) is 0.429. The Morgan fingerprint density at radius 1 is 1.13 bits per heavy atom. The van der Waals surface area contributed by atoms with Crippen LogP contribution in [0.15, 0.2) is 48.5 Å². The van der Waals surface area contributed by atoms with Crippen molar-refractivity contribution in [3.05, 3.63) is 59.1 Å². The Hall–Kier alpha value is -3.79. The van der Waals surface area contributed by atoms with Crippen LogP contribution in [-0.2, 0) is 14.4 Å². The Kier molecular flexibility index (Phi) is 11.0. The number of carbonyl (C=O) groups is 4. The Morgan fingerprint density at radius 2 is 1.85 bits per heavy atom. The molecule has 0 unspecified atom stereocenters. The molecule has 1 aliphatic rings. The zero-order chi connectivity index (χ0) is 28.4. The van der Waals surface area contributed by atoms with Gasteiger partial charge < -0.3 is 30.3 Å². The van der Waals surface area contributed by atoms with Gasteiger partial charge in [-0.2, -0.15) is 0 Å². The van der Waals surface area contributed by atoms with Crippen molar-refractivity contribution < 1.29 is 28.7 Å². The van der Waals surface area contributed by atoms with E-state index in [1.165, 1.54) is 11.9 Å². The van der Waals surface area contributed by atoms with Gasteiger partial charge in [0.25, 0.3) is 5.91 Å². The van der Waals surface area contributed by atoms with Gasteiger partial charge in [-0.1, -0.05) is 37.6 Å². The number of hydrogen-bond acceptors (Lipinski definition) is 6. The van der Waals surface area contributed by atoms with E-state index >= 15 is 0 Å². The van der Waals surface area contributed by atoms with Gasteiger partial charge in [-0.25, -0.2) is 0 Å². The third kappa shape index (κ3) is 9.17. The number of benzene rings is 2. The lowest BCUT2D eigenvalue weighted by atomic mass is 10.1. The average Bonchev–Trinajstić information content (AvgIpc) is 2.91. The van der Waals surface area contributed by atoms with Gasteiger partial charge in [-0.05, 0) is 48.7 Å². The molecule has 4 amide bonds. The van der Waals surface area contributed by atoms with Gasteiger partial charge in [0.2, 0.25) is 17.7 Å². The van der Waals surface area contributed by atoms with Gasteiger partial charge in [0.1, 0.15) is 30.8 Å². The molecule has 0 aromatic heterocycles. The van der Waals surface area contributed by atoms with Gasteiger partial charge in [0.15, 0.2) is 0 Å². The Morgan fingerprint density at radius 3 is 2.56 bits per heavy atom. The van der Waals surface area contributed by atoms with Crippen LogP contribution in [0.1, 0.15) is 37.0 Å². The van der Waals surface area contributed by atoms with Crippen LogP contribution >= 0.6 is 11.6 Å². The van der Waals surface area contributed by atoms with Crippen LogP contribution in [0.25, 0.3) is 0 Å². The topological polar surface area (TPSA) is 126 Å². The van der Waals surface area contributed by atoms with E-state index in [4.69, 9.17) is 21.1 Å². The first kappa shape index (κ1) is 29.8. The van der Waals surface area contributed by atoms with Crippen LogP contribution in [0.5, 0.6) is 11.5 Å². The summed E-state index contributed by atoms with van der Waals surface area (Å²) in [4.78, 5) is 53.0. The lowest BCUT2D eigenvalue weighted by molar-refractivity contribution is -0.135. The summed E-state index contributed by atoms with van der Waals surface area (Å²) in [5.74, 6) is -0.638. The number of carbonyl (C=O) groups excluding carboxylic acids is 4. The summed E-state index contributed by atoms with van der Waals surface area (Å²) in [5, 5.41) is 8.99. The van der Waals surface area contributed by atoms with E-state index in [1.807, 2.05) is 13.8 Å². The van der Waals surface area contributed by atoms with E-state index in [2.05, 4.69) is 16.0 Å². The highest BCUT2D eigenvalue weighted by Crippen LogP contribution is 2.20. The summed E-state index contributed by atoms with van der Waals surface area (Å²) in [5.41, 5.74) is 0.244. The van der Waals surface area contributed by atoms with Crippen LogP contribution in [-0.4, -0.2) is 74.0 Å². The van der Waals surface area contributed by atoms with Crippen LogP contribution < -0.4 is 25.4 Å². The SMILES string of the molecule is CC(C)[C@@H]1COc2ccccc2C(=O)N[C@H](C(=O)NCCOc2ccc(Cl)cc2)CCC(=O)N(C)CC(=O)N1. The monoisotopic (exact) mass is 558 g/mol. The van der Waals surface area contributed by atoms with Crippen molar-refractivity contribution in [3.8, 4) is 11.5 Å². The Labute approximate surface area is 233 Å². The van der Waals surface area contributed by atoms with Crippen LogP contribution in [0.2, 0.25) is 5.02 Å². The minimum Gasteiger partial charge on any atom is -0.492 e. The number of fused-ring (bicyclic) bond motifs is 1. The van der Waals surface area contributed by atoms with Gasteiger partial charge in [-0.15, -0.1) is 0 Å². The quantitative estimate of drug-likeness (QED) is 0.467. The number of amides is 4. The molecule has 0 spiro atoms. The van der Waals surface area contributed by atoms with E-state index in [0.29, 0.717) is 16.5 Å². The third-order valence-corrected chi connectivity index (χ3v) is 6.51. The van der Waals surface area contributed by atoms with Gasteiger partial charge in [0, 0.05) is 18.5 Å². The number of rotatable bonds is 6. The normalized spacial score (nSPS) is 19.1. The lowest BCUT2D eigenvalue weighted by Crippen LogP contribution is -2.48. The molecule has 39 heavy (non-hydrogen) atoms. The summed E-state index contributed by atoms with van der Waals surface area (Å²) in [6.07, 6.45) is -0.00672. The molecule has 1 heterocycles. The average molecular weight is 559 g/mol. The minimum atomic E-state index is -0.999. The molecular formula is C28H35ClN4O6. The van der Waals surface area contributed by atoms with Crippen LogP contribution in [0.4, 0.5) is 0 Å². The first-order valence-electron chi connectivity index (χ1n) is 12.9. The second kappa shape index (κ2) is 14.4. The predicted molar refractivity (Wildman–Crippen MR) is 147 cm³/mol. The van der Waals surface area contributed by atoms with Crippen molar-refractivity contribution >= 4 is 35.2 Å². The molecule has 0 saturated heterocycles. The van der Waals surface area contributed by atoms with Crippen molar-refractivity contribution in [1.29, 1.82) is 0 Å². The predicted octanol–water partition coefficient (Wildman–Crippen LogP) is 2.41. The molecule has 0 radical (unpaired) electrons. The smallest absolute Gasteiger partial charge is 0.255 e. The highest BCUT2D eigenvalue weighted by atomic mass is 35.5. The molecule has 210 valence electrons. The Bertz CT molecular complexity index is 1160. The maximum absolute atomic E-state index is 13.2. The molecule has 2 aromatic rings. The largest absolute Gasteiger partial charge is 0.492 e. The molecule has 2 atom stereocenters. The third-order valence-electron chi connectivity index (χ3n) is 6.26.